The first-order valence-electron chi connectivity index (χ1n) is 6.26. The molecule has 20 heavy (non-hydrogen) atoms. The Morgan fingerprint density at radius 3 is 3.00 bits per heavy atom. The fraction of sp³-hybridized carbons (Fsp3) is 0.500. The van der Waals surface area contributed by atoms with Gasteiger partial charge in [-0.3, -0.25) is 10.1 Å². The van der Waals surface area contributed by atoms with Gasteiger partial charge in [-0.25, -0.2) is 4.39 Å². The Kier molecular flexibility index (Phi) is 3.39. The predicted octanol–water partition coefficient (Wildman–Crippen LogP) is 2.02. The van der Waals surface area contributed by atoms with Gasteiger partial charge in [-0.2, -0.15) is 0 Å². The van der Waals surface area contributed by atoms with Crippen molar-refractivity contribution in [2.24, 2.45) is 11.7 Å². The lowest BCUT2D eigenvalue weighted by Gasteiger charge is -2.46. The lowest BCUT2D eigenvalue weighted by atomic mass is 9.72. The van der Waals surface area contributed by atoms with Gasteiger partial charge in [0.15, 0.2) is 0 Å². The number of nitrogens with two attached hydrogens (primary N) is 1. The zero-order chi connectivity index (χ0) is 14.4. The predicted molar refractivity (Wildman–Crippen MR) is 74.0 cm³/mol. The molecule has 1 aromatic rings. The molecule has 0 amide bonds. The molecule has 0 bridgehead atoms. The topological polar surface area (TPSA) is 90.4 Å². The molecule has 2 aliphatic rings. The van der Waals surface area contributed by atoms with Crippen LogP contribution in [0, 0.1) is 21.8 Å². The van der Waals surface area contributed by atoms with Crippen molar-refractivity contribution in [2.75, 3.05) is 11.9 Å². The summed E-state index contributed by atoms with van der Waals surface area (Å²) in [5, 5.41) is 14.0. The number of rotatable bonds is 3. The van der Waals surface area contributed by atoms with Gasteiger partial charge in [0, 0.05) is 30.7 Å². The van der Waals surface area contributed by atoms with Crippen LogP contribution in [0.25, 0.3) is 0 Å². The van der Waals surface area contributed by atoms with Crippen LogP contribution in [-0.2, 0) is 4.74 Å². The molecular weight excluding hydrogens is 333 g/mol. The first kappa shape index (κ1) is 13.7. The first-order valence-corrected chi connectivity index (χ1v) is 7.05. The first-order chi connectivity index (χ1) is 9.49. The number of nitro benzene ring substituents is 1. The van der Waals surface area contributed by atoms with E-state index in [0.29, 0.717) is 6.61 Å². The lowest BCUT2D eigenvalue weighted by molar-refractivity contribution is -0.384. The fourth-order valence-corrected chi connectivity index (χ4v) is 3.24. The molecule has 0 aromatic heterocycles. The molecule has 1 aromatic carbocycles. The highest BCUT2D eigenvalue weighted by Crippen LogP contribution is 2.41. The van der Waals surface area contributed by atoms with Gasteiger partial charge < -0.3 is 15.8 Å². The van der Waals surface area contributed by atoms with E-state index in [0.717, 1.165) is 18.6 Å². The molecular formula is C12H13BrFN3O3. The minimum absolute atomic E-state index is 0.0451. The number of anilines is 1. The van der Waals surface area contributed by atoms with Crippen LogP contribution in [0.3, 0.4) is 0 Å². The summed E-state index contributed by atoms with van der Waals surface area (Å²) >= 11 is 2.95. The Morgan fingerprint density at radius 2 is 2.30 bits per heavy atom. The van der Waals surface area contributed by atoms with Crippen molar-refractivity contribution in [3.63, 3.8) is 0 Å². The number of benzene rings is 1. The molecule has 1 aliphatic carbocycles. The number of ether oxygens (including phenoxy) is 1. The molecule has 0 radical (unpaired) electrons. The second kappa shape index (κ2) is 4.94. The molecule has 4 unspecified atom stereocenters. The van der Waals surface area contributed by atoms with Gasteiger partial charge in [-0.1, -0.05) is 0 Å². The molecule has 1 saturated carbocycles. The zero-order valence-corrected chi connectivity index (χ0v) is 12.0. The molecule has 3 rings (SSSR count). The lowest BCUT2D eigenvalue weighted by Crippen LogP contribution is -2.65. The average molecular weight is 346 g/mol. The van der Waals surface area contributed by atoms with Crippen molar-refractivity contribution in [3.05, 3.63) is 32.5 Å². The van der Waals surface area contributed by atoms with E-state index in [4.69, 9.17) is 10.5 Å². The van der Waals surface area contributed by atoms with Crippen LogP contribution < -0.4 is 11.1 Å². The summed E-state index contributed by atoms with van der Waals surface area (Å²) in [5.74, 6) is -0.276. The molecule has 0 spiro atoms. The van der Waals surface area contributed by atoms with Gasteiger partial charge in [0.2, 0.25) is 0 Å². The standard InChI is InChI=1S/C12H13BrFN3O3/c13-6-3-9(17(18)19)8(4-7(6)14)16-11-10(15)5-1-2-20-12(5)11/h3-5,10-12,16H,1-2,15H2. The van der Waals surface area contributed by atoms with Crippen molar-refractivity contribution in [1.82, 2.24) is 0 Å². The van der Waals surface area contributed by atoms with E-state index < -0.39 is 10.7 Å². The molecule has 108 valence electrons. The Balaban J connectivity index is 1.87. The Bertz CT molecular complexity index is 571. The van der Waals surface area contributed by atoms with E-state index >= 15 is 0 Å². The summed E-state index contributed by atoms with van der Waals surface area (Å²) in [5.41, 5.74) is 5.98. The SMILES string of the molecule is NC1C2CCOC2C1Nc1cc(F)c(Br)cc1[N+](=O)[O-]. The largest absolute Gasteiger partial charge is 0.376 e. The van der Waals surface area contributed by atoms with Gasteiger partial charge in [-0.15, -0.1) is 0 Å². The van der Waals surface area contributed by atoms with Gasteiger partial charge in [-0.05, 0) is 22.4 Å². The van der Waals surface area contributed by atoms with Gasteiger partial charge in [0.25, 0.3) is 5.69 Å². The van der Waals surface area contributed by atoms with E-state index in [1.165, 1.54) is 0 Å². The highest BCUT2D eigenvalue weighted by Gasteiger charge is 2.52. The number of halogens is 2. The number of fused-ring (bicyclic) bond motifs is 1. The van der Waals surface area contributed by atoms with E-state index in [-0.39, 0.29) is 40.0 Å². The molecule has 2 fully saturated rings. The van der Waals surface area contributed by atoms with Crippen LogP contribution in [0.2, 0.25) is 0 Å². The smallest absolute Gasteiger partial charge is 0.293 e. The summed E-state index contributed by atoms with van der Waals surface area (Å²) in [7, 11) is 0. The van der Waals surface area contributed by atoms with Crippen LogP contribution in [0.5, 0.6) is 0 Å². The summed E-state index contributed by atoms with van der Waals surface area (Å²) in [6.07, 6.45) is 0.858. The maximum absolute atomic E-state index is 13.6. The Hall–Kier alpha value is -1.25. The molecule has 1 saturated heterocycles. The second-order valence-electron chi connectivity index (χ2n) is 5.08. The van der Waals surface area contributed by atoms with Crippen molar-refractivity contribution in [1.29, 1.82) is 0 Å². The zero-order valence-electron chi connectivity index (χ0n) is 10.4. The summed E-state index contributed by atoms with van der Waals surface area (Å²) in [4.78, 5) is 10.5. The minimum atomic E-state index is -0.560. The summed E-state index contributed by atoms with van der Waals surface area (Å²) in [6, 6.07) is 1.90. The van der Waals surface area contributed by atoms with E-state index in [1.807, 2.05) is 0 Å². The van der Waals surface area contributed by atoms with Gasteiger partial charge >= 0.3 is 0 Å². The third-order valence-electron chi connectivity index (χ3n) is 4.00. The quantitative estimate of drug-likeness (QED) is 0.646. The van der Waals surface area contributed by atoms with Crippen LogP contribution in [-0.4, -0.2) is 29.7 Å². The third-order valence-corrected chi connectivity index (χ3v) is 4.61. The third kappa shape index (κ3) is 2.07. The molecule has 8 heteroatoms. The number of nitrogens with zero attached hydrogens (tertiary/aromatic N) is 1. The van der Waals surface area contributed by atoms with E-state index in [2.05, 4.69) is 21.2 Å². The highest BCUT2D eigenvalue weighted by atomic mass is 79.9. The monoisotopic (exact) mass is 345 g/mol. The van der Waals surface area contributed by atoms with E-state index in [9.17, 15) is 14.5 Å². The molecule has 3 N–H and O–H groups in total. The Morgan fingerprint density at radius 1 is 1.55 bits per heavy atom. The maximum atomic E-state index is 13.6. The second-order valence-corrected chi connectivity index (χ2v) is 5.93. The number of hydrogen-bond donors (Lipinski definition) is 2. The van der Waals surface area contributed by atoms with Gasteiger partial charge in [0.05, 0.1) is 21.5 Å². The average Bonchev–Trinajstić information content (AvgIpc) is 2.83. The van der Waals surface area contributed by atoms with Crippen molar-refractivity contribution >= 4 is 27.3 Å². The number of hydrogen-bond acceptors (Lipinski definition) is 5. The van der Waals surface area contributed by atoms with Gasteiger partial charge in [0.1, 0.15) is 11.5 Å². The van der Waals surface area contributed by atoms with Crippen LogP contribution in [0.1, 0.15) is 6.42 Å². The fourth-order valence-electron chi connectivity index (χ4n) is 2.91. The highest BCUT2D eigenvalue weighted by molar-refractivity contribution is 9.10. The van der Waals surface area contributed by atoms with Crippen LogP contribution in [0.4, 0.5) is 15.8 Å². The maximum Gasteiger partial charge on any atom is 0.293 e. The van der Waals surface area contributed by atoms with Crippen molar-refractivity contribution in [3.8, 4) is 0 Å². The van der Waals surface area contributed by atoms with E-state index in [1.54, 1.807) is 0 Å². The normalized spacial score (nSPS) is 31.6. The molecule has 1 aliphatic heterocycles. The van der Waals surface area contributed by atoms with Crippen LogP contribution >= 0.6 is 15.9 Å². The summed E-state index contributed by atoms with van der Waals surface area (Å²) < 4.78 is 19.2. The van der Waals surface area contributed by atoms with Crippen molar-refractivity contribution in [2.45, 2.75) is 24.6 Å². The molecule has 1 heterocycles. The van der Waals surface area contributed by atoms with Crippen LogP contribution in [0.15, 0.2) is 16.6 Å². The minimum Gasteiger partial charge on any atom is -0.376 e. The number of nitrogens with one attached hydrogen (secondary N) is 1. The van der Waals surface area contributed by atoms with Crippen molar-refractivity contribution < 1.29 is 14.1 Å². The number of nitro groups is 1. The Labute approximate surface area is 122 Å². The summed E-state index contributed by atoms with van der Waals surface area (Å²) in [6.45, 7) is 0.651. The molecule has 6 nitrogen and oxygen atoms in total. The molecule has 4 atom stereocenters.